The number of nitrogens with zero attached hydrogens (tertiary/aromatic N) is 5. The molecule has 0 saturated heterocycles. The molecule has 0 spiro atoms. The predicted octanol–water partition coefficient (Wildman–Crippen LogP) is 5.39. The van der Waals surface area contributed by atoms with Crippen LogP contribution in [0.25, 0.3) is 27.8 Å². The molecule has 0 aliphatic heterocycles. The molecule has 7 heteroatoms. The molecule has 0 amide bonds. The normalized spacial score (nSPS) is 14.6. The minimum absolute atomic E-state index is 0.134. The molecule has 1 aliphatic rings. The van der Waals surface area contributed by atoms with Gasteiger partial charge in [-0.05, 0) is 48.2 Å². The number of hydrogen-bond acceptors (Lipinski definition) is 5. The molecule has 33 heavy (non-hydrogen) atoms. The summed E-state index contributed by atoms with van der Waals surface area (Å²) in [6.07, 6.45) is 3.66. The van der Waals surface area contributed by atoms with Crippen LogP contribution in [0.3, 0.4) is 0 Å². The van der Waals surface area contributed by atoms with E-state index in [0.717, 1.165) is 51.9 Å². The third-order valence-corrected chi connectivity index (χ3v) is 6.96. The average molecular weight is 456 g/mol. The Hall–Kier alpha value is -3.48. The van der Waals surface area contributed by atoms with E-state index in [1.54, 1.807) is 6.33 Å². The molecule has 0 bridgehead atoms. The summed E-state index contributed by atoms with van der Waals surface area (Å²) in [5.74, 6) is 1.28. The van der Waals surface area contributed by atoms with Gasteiger partial charge in [0, 0.05) is 28.4 Å². The van der Waals surface area contributed by atoms with E-state index in [1.165, 1.54) is 0 Å². The zero-order valence-corrected chi connectivity index (χ0v) is 18.9. The van der Waals surface area contributed by atoms with E-state index in [0.29, 0.717) is 10.8 Å². The molecule has 1 saturated carbocycles. The van der Waals surface area contributed by atoms with Gasteiger partial charge in [-0.15, -0.1) is 10.2 Å². The van der Waals surface area contributed by atoms with Crippen LogP contribution >= 0.6 is 11.6 Å². The van der Waals surface area contributed by atoms with Gasteiger partial charge in [0.05, 0.1) is 17.8 Å². The Labute approximate surface area is 196 Å². The highest BCUT2D eigenvalue weighted by atomic mass is 35.5. The van der Waals surface area contributed by atoms with Gasteiger partial charge in [0.25, 0.3) is 5.78 Å². The fourth-order valence-corrected chi connectivity index (χ4v) is 4.75. The summed E-state index contributed by atoms with van der Waals surface area (Å²) in [7, 11) is 2.02. The van der Waals surface area contributed by atoms with Crippen molar-refractivity contribution in [2.24, 2.45) is 0 Å². The maximum absolute atomic E-state index is 10.0. The molecule has 0 atom stereocenters. The lowest BCUT2D eigenvalue weighted by atomic mass is 9.92. The zero-order valence-electron chi connectivity index (χ0n) is 18.1. The Balaban J connectivity index is 1.59. The molecule has 2 heterocycles. The molecule has 1 aliphatic carbocycles. The second-order valence-electron chi connectivity index (χ2n) is 8.69. The average Bonchev–Trinajstić information content (AvgIpc) is 3.52. The lowest BCUT2D eigenvalue weighted by molar-refractivity contribution is 0.255. The number of aliphatic hydroxyl groups excluding tert-OH is 1. The van der Waals surface area contributed by atoms with Crippen molar-refractivity contribution in [3.8, 4) is 11.1 Å². The Kier molecular flexibility index (Phi) is 4.60. The van der Waals surface area contributed by atoms with Crippen molar-refractivity contribution in [1.29, 1.82) is 0 Å². The molecule has 0 radical (unpaired) electrons. The van der Waals surface area contributed by atoms with E-state index < -0.39 is 0 Å². The molecule has 0 unspecified atom stereocenters. The summed E-state index contributed by atoms with van der Waals surface area (Å²) in [4.78, 5) is 6.96. The van der Waals surface area contributed by atoms with Crippen molar-refractivity contribution in [3.63, 3.8) is 0 Å². The smallest absolute Gasteiger partial charge is 0.257 e. The number of aliphatic hydroxyl groups is 1. The number of anilines is 2. The number of halogens is 1. The van der Waals surface area contributed by atoms with Crippen LogP contribution in [0.2, 0.25) is 5.02 Å². The summed E-state index contributed by atoms with van der Waals surface area (Å²) >= 11 is 6.32. The molecule has 1 fully saturated rings. The van der Waals surface area contributed by atoms with Crippen molar-refractivity contribution in [1.82, 2.24) is 19.6 Å². The third-order valence-electron chi connectivity index (χ3n) is 6.73. The number of benzene rings is 3. The van der Waals surface area contributed by atoms with Gasteiger partial charge in [-0.25, -0.2) is 0 Å². The summed E-state index contributed by atoms with van der Waals surface area (Å²) in [5, 5.41) is 19.9. The minimum Gasteiger partial charge on any atom is -0.395 e. The second kappa shape index (κ2) is 7.54. The molecular formula is C26H22ClN5O. The van der Waals surface area contributed by atoms with Gasteiger partial charge in [0.1, 0.15) is 12.1 Å². The maximum atomic E-state index is 10.0. The van der Waals surface area contributed by atoms with Crippen LogP contribution in [-0.2, 0) is 5.41 Å². The molecular weight excluding hydrogens is 434 g/mol. The van der Waals surface area contributed by atoms with Crippen molar-refractivity contribution >= 4 is 39.8 Å². The van der Waals surface area contributed by atoms with Crippen LogP contribution in [0.15, 0.2) is 73.1 Å². The van der Waals surface area contributed by atoms with E-state index in [1.807, 2.05) is 47.8 Å². The van der Waals surface area contributed by atoms with E-state index in [2.05, 4.69) is 45.4 Å². The van der Waals surface area contributed by atoms with Gasteiger partial charge < -0.3 is 10.0 Å². The summed E-state index contributed by atoms with van der Waals surface area (Å²) in [6.45, 7) is 0.159. The van der Waals surface area contributed by atoms with Crippen molar-refractivity contribution in [2.45, 2.75) is 18.3 Å². The molecule has 164 valence electrons. The Morgan fingerprint density at radius 2 is 1.88 bits per heavy atom. The van der Waals surface area contributed by atoms with Crippen molar-refractivity contribution in [3.05, 3.63) is 83.6 Å². The first kappa shape index (κ1) is 20.1. The van der Waals surface area contributed by atoms with Crippen LogP contribution in [-0.4, -0.2) is 38.3 Å². The minimum atomic E-state index is -0.134. The number of fused-ring (bicyclic) bond motifs is 3. The standard InChI is InChI=1S/C26H22ClN5O/c1-31(24-21-10-8-19(27)14-23(21)32-16-28-30-25(32)29-24)22-13-18(26(15-33)11-12-26)7-9-20(22)17-5-3-2-4-6-17/h2-10,13-14,16,33H,11-12,15H2,1H3. The van der Waals surface area contributed by atoms with Crippen LogP contribution in [0.4, 0.5) is 11.5 Å². The first-order valence-electron chi connectivity index (χ1n) is 10.9. The SMILES string of the molecule is CN(c1cc(C2(CO)CC2)ccc1-c1ccccc1)c1nc2nncn2c2cc(Cl)ccc12. The highest BCUT2D eigenvalue weighted by molar-refractivity contribution is 6.31. The van der Waals surface area contributed by atoms with Gasteiger partial charge in [0.15, 0.2) is 0 Å². The Morgan fingerprint density at radius 3 is 2.64 bits per heavy atom. The predicted molar refractivity (Wildman–Crippen MR) is 131 cm³/mol. The zero-order chi connectivity index (χ0) is 22.6. The summed E-state index contributed by atoms with van der Waals surface area (Å²) in [5.41, 5.74) is 5.15. The van der Waals surface area contributed by atoms with Gasteiger partial charge in [-0.3, -0.25) is 4.40 Å². The summed E-state index contributed by atoms with van der Waals surface area (Å²) in [6, 6.07) is 22.6. The highest BCUT2D eigenvalue weighted by Gasteiger charge is 2.44. The second-order valence-corrected chi connectivity index (χ2v) is 9.13. The molecule has 6 rings (SSSR count). The lowest BCUT2D eigenvalue weighted by Crippen LogP contribution is -2.17. The number of aromatic nitrogens is 4. The van der Waals surface area contributed by atoms with E-state index in [9.17, 15) is 5.11 Å². The lowest BCUT2D eigenvalue weighted by Gasteiger charge is -2.25. The molecule has 1 N–H and O–H groups in total. The van der Waals surface area contributed by atoms with E-state index in [4.69, 9.17) is 16.6 Å². The van der Waals surface area contributed by atoms with Crippen LogP contribution in [0.1, 0.15) is 18.4 Å². The van der Waals surface area contributed by atoms with Gasteiger partial charge >= 0.3 is 0 Å². The van der Waals surface area contributed by atoms with E-state index in [-0.39, 0.29) is 12.0 Å². The molecule has 6 nitrogen and oxygen atoms in total. The number of rotatable bonds is 5. The molecule has 3 aromatic carbocycles. The Morgan fingerprint density at radius 1 is 1.06 bits per heavy atom. The first-order chi connectivity index (χ1) is 16.1. The van der Waals surface area contributed by atoms with Gasteiger partial charge in [-0.1, -0.05) is 54.1 Å². The molecule has 2 aromatic heterocycles. The third kappa shape index (κ3) is 3.25. The van der Waals surface area contributed by atoms with Crippen LogP contribution < -0.4 is 4.90 Å². The van der Waals surface area contributed by atoms with Gasteiger partial charge in [-0.2, -0.15) is 4.98 Å². The largest absolute Gasteiger partial charge is 0.395 e. The van der Waals surface area contributed by atoms with Crippen LogP contribution in [0, 0.1) is 0 Å². The highest BCUT2D eigenvalue weighted by Crippen LogP contribution is 2.50. The van der Waals surface area contributed by atoms with Crippen molar-refractivity contribution in [2.75, 3.05) is 18.6 Å². The number of hydrogen-bond donors (Lipinski definition) is 1. The van der Waals surface area contributed by atoms with Crippen LogP contribution in [0.5, 0.6) is 0 Å². The fourth-order valence-electron chi connectivity index (χ4n) is 4.58. The van der Waals surface area contributed by atoms with E-state index >= 15 is 0 Å². The topological polar surface area (TPSA) is 66.5 Å². The quantitative estimate of drug-likeness (QED) is 0.385. The Bertz CT molecular complexity index is 1490. The summed E-state index contributed by atoms with van der Waals surface area (Å²) < 4.78 is 1.85. The van der Waals surface area contributed by atoms with Gasteiger partial charge in [0.2, 0.25) is 0 Å². The monoisotopic (exact) mass is 455 g/mol. The van der Waals surface area contributed by atoms with Crippen molar-refractivity contribution < 1.29 is 5.11 Å². The molecule has 5 aromatic rings. The first-order valence-corrected chi connectivity index (χ1v) is 11.3. The fraction of sp³-hybridized carbons (Fsp3) is 0.192. The maximum Gasteiger partial charge on any atom is 0.257 e.